The van der Waals surface area contributed by atoms with Crippen molar-refractivity contribution in [2.45, 2.75) is 25.0 Å². The van der Waals surface area contributed by atoms with E-state index < -0.39 is 0 Å². The lowest BCUT2D eigenvalue weighted by atomic mass is 10.1. The van der Waals surface area contributed by atoms with Gasteiger partial charge in [0.2, 0.25) is 0 Å². The zero-order valence-corrected chi connectivity index (χ0v) is 11.0. The second kappa shape index (κ2) is 6.22. The average molecular weight is 250 g/mol. The molecule has 1 aliphatic heterocycles. The first-order valence-corrected chi connectivity index (χ1v) is 7.10. The zero-order valence-electron chi connectivity index (χ0n) is 10.1. The van der Waals surface area contributed by atoms with Crippen LogP contribution in [0.1, 0.15) is 28.8 Å². The van der Waals surface area contributed by atoms with Gasteiger partial charge in [-0.05, 0) is 25.3 Å². The highest BCUT2D eigenvalue weighted by Gasteiger charge is 2.16. The molecular formula is C14H18O2S. The second-order valence-electron chi connectivity index (χ2n) is 4.36. The lowest BCUT2D eigenvalue weighted by molar-refractivity contribution is 0.0988. The van der Waals surface area contributed by atoms with E-state index in [9.17, 15) is 4.79 Å². The van der Waals surface area contributed by atoms with Crippen LogP contribution in [0.4, 0.5) is 0 Å². The van der Waals surface area contributed by atoms with Gasteiger partial charge in [-0.25, -0.2) is 0 Å². The van der Waals surface area contributed by atoms with Crippen molar-refractivity contribution < 1.29 is 9.53 Å². The molecule has 0 amide bonds. The fourth-order valence-corrected chi connectivity index (χ4v) is 3.07. The maximum absolute atomic E-state index is 12.1. The summed E-state index contributed by atoms with van der Waals surface area (Å²) in [5.41, 5.74) is 1.94. The van der Waals surface area contributed by atoms with E-state index in [4.69, 9.17) is 4.74 Å². The van der Waals surface area contributed by atoms with Crippen LogP contribution in [0.3, 0.4) is 0 Å². The molecule has 0 aliphatic carbocycles. The number of carbonyl (C=O) groups excluding carboxylic acids is 1. The van der Waals surface area contributed by atoms with Crippen LogP contribution in [-0.4, -0.2) is 30.0 Å². The van der Waals surface area contributed by atoms with E-state index in [2.05, 4.69) is 0 Å². The van der Waals surface area contributed by atoms with Crippen molar-refractivity contribution in [3.05, 3.63) is 35.4 Å². The highest BCUT2D eigenvalue weighted by Crippen LogP contribution is 2.23. The molecule has 0 bridgehead atoms. The van der Waals surface area contributed by atoms with E-state index in [0.29, 0.717) is 11.0 Å². The number of aryl methyl sites for hydroxylation is 1. The molecule has 3 heteroatoms. The Morgan fingerprint density at radius 3 is 2.76 bits per heavy atom. The zero-order chi connectivity index (χ0) is 12.1. The molecular weight excluding hydrogens is 232 g/mol. The number of thioether (sulfide) groups is 1. The fraction of sp³-hybridized carbons (Fsp3) is 0.500. The highest BCUT2D eigenvalue weighted by molar-refractivity contribution is 8.00. The van der Waals surface area contributed by atoms with Crippen LogP contribution in [-0.2, 0) is 4.74 Å². The van der Waals surface area contributed by atoms with Gasteiger partial charge in [-0.1, -0.05) is 24.3 Å². The Balaban J connectivity index is 1.87. The molecule has 2 rings (SSSR count). The average Bonchev–Trinajstić information content (AvgIpc) is 2.38. The number of ketones is 1. The lowest BCUT2D eigenvalue weighted by Gasteiger charge is -2.21. The molecule has 1 aromatic rings. The molecule has 0 saturated carbocycles. The summed E-state index contributed by atoms with van der Waals surface area (Å²) in [6, 6.07) is 7.81. The number of hydrogen-bond donors (Lipinski definition) is 0. The number of hydrogen-bond acceptors (Lipinski definition) is 3. The monoisotopic (exact) mass is 250 g/mol. The predicted molar refractivity (Wildman–Crippen MR) is 71.8 cm³/mol. The number of rotatable bonds is 4. The number of ether oxygens (including phenoxy) is 1. The fourth-order valence-electron chi connectivity index (χ4n) is 2.00. The molecule has 0 atom stereocenters. The van der Waals surface area contributed by atoms with Crippen LogP contribution in [0.25, 0.3) is 0 Å². The first-order valence-electron chi connectivity index (χ1n) is 6.05. The lowest BCUT2D eigenvalue weighted by Crippen LogP contribution is -2.19. The van der Waals surface area contributed by atoms with Crippen molar-refractivity contribution in [2.24, 2.45) is 0 Å². The van der Waals surface area contributed by atoms with Gasteiger partial charge in [-0.2, -0.15) is 11.8 Å². The topological polar surface area (TPSA) is 26.3 Å². The Kier molecular flexibility index (Phi) is 4.63. The summed E-state index contributed by atoms with van der Waals surface area (Å²) in [5, 5.41) is 0.594. The SMILES string of the molecule is Cc1ccccc1C(=O)CSC1CCOCC1. The second-order valence-corrected chi connectivity index (χ2v) is 5.65. The molecule has 0 N–H and O–H groups in total. The molecule has 1 aliphatic rings. The predicted octanol–water partition coefficient (Wildman–Crippen LogP) is 3.09. The minimum Gasteiger partial charge on any atom is -0.381 e. The van der Waals surface area contributed by atoms with Crippen LogP contribution in [0.2, 0.25) is 0 Å². The van der Waals surface area contributed by atoms with Crippen LogP contribution in [0.15, 0.2) is 24.3 Å². The molecule has 0 radical (unpaired) electrons. The van der Waals surface area contributed by atoms with E-state index in [0.717, 1.165) is 37.2 Å². The van der Waals surface area contributed by atoms with E-state index in [1.54, 1.807) is 11.8 Å². The third-order valence-electron chi connectivity index (χ3n) is 3.06. The van der Waals surface area contributed by atoms with Crippen molar-refractivity contribution in [3.8, 4) is 0 Å². The minimum atomic E-state index is 0.250. The molecule has 1 heterocycles. The Morgan fingerprint density at radius 2 is 2.06 bits per heavy atom. The van der Waals surface area contributed by atoms with Gasteiger partial charge >= 0.3 is 0 Å². The number of carbonyl (C=O) groups is 1. The molecule has 1 aromatic carbocycles. The van der Waals surface area contributed by atoms with Gasteiger partial charge in [0.25, 0.3) is 0 Å². The third kappa shape index (κ3) is 3.58. The molecule has 2 nitrogen and oxygen atoms in total. The molecule has 1 fully saturated rings. The van der Waals surface area contributed by atoms with Gasteiger partial charge in [0.15, 0.2) is 5.78 Å². The Morgan fingerprint density at radius 1 is 1.35 bits per heavy atom. The first kappa shape index (κ1) is 12.7. The third-order valence-corrected chi connectivity index (χ3v) is 4.44. The standard InChI is InChI=1S/C14H18O2S/c1-11-4-2-3-5-13(11)14(15)10-17-12-6-8-16-9-7-12/h2-5,12H,6-10H2,1H3. The largest absolute Gasteiger partial charge is 0.381 e. The first-order chi connectivity index (χ1) is 8.27. The van der Waals surface area contributed by atoms with Crippen molar-refractivity contribution in [1.82, 2.24) is 0 Å². The molecule has 0 spiro atoms. The minimum absolute atomic E-state index is 0.250. The van der Waals surface area contributed by atoms with Crippen LogP contribution in [0, 0.1) is 6.92 Å². The van der Waals surface area contributed by atoms with Crippen LogP contribution in [0.5, 0.6) is 0 Å². The molecule has 92 valence electrons. The highest BCUT2D eigenvalue weighted by atomic mass is 32.2. The van der Waals surface area contributed by atoms with Gasteiger partial charge in [0, 0.05) is 24.0 Å². The van der Waals surface area contributed by atoms with Gasteiger partial charge in [0.1, 0.15) is 0 Å². The Bertz CT molecular complexity index is 384. The van der Waals surface area contributed by atoms with E-state index in [1.807, 2.05) is 31.2 Å². The summed E-state index contributed by atoms with van der Waals surface area (Å²) in [6.45, 7) is 3.68. The number of benzene rings is 1. The molecule has 0 aromatic heterocycles. The molecule has 1 saturated heterocycles. The normalized spacial score (nSPS) is 17.0. The van der Waals surface area contributed by atoms with Crippen LogP contribution < -0.4 is 0 Å². The van der Waals surface area contributed by atoms with Crippen LogP contribution >= 0.6 is 11.8 Å². The van der Waals surface area contributed by atoms with E-state index >= 15 is 0 Å². The number of Topliss-reactive ketones (excluding diaryl/α,β-unsaturated/α-hetero) is 1. The summed E-state index contributed by atoms with van der Waals surface area (Å²) in [7, 11) is 0. The van der Waals surface area contributed by atoms with Crippen molar-refractivity contribution in [1.29, 1.82) is 0 Å². The summed E-state index contributed by atoms with van der Waals surface area (Å²) in [6.07, 6.45) is 2.15. The maximum atomic E-state index is 12.1. The van der Waals surface area contributed by atoms with Gasteiger partial charge in [-0.15, -0.1) is 0 Å². The maximum Gasteiger partial charge on any atom is 0.172 e. The molecule has 0 unspecified atom stereocenters. The van der Waals surface area contributed by atoms with E-state index in [1.165, 1.54) is 0 Å². The van der Waals surface area contributed by atoms with Crippen molar-refractivity contribution >= 4 is 17.5 Å². The smallest absolute Gasteiger partial charge is 0.172 e. The Hall–Kier alpha value is -0.800. The van der Waals surface area contributed by atoms with Crippen molar-refractivity contribution in [2.75, 3.05) is 19.0 Å². The Labute approximate surface area is 107 Å². The quantitative estimate of drug-likeness (QED) is 0.768. The van der Waals surface area contributed by atoms with Gasteiger partial charge in [-0.3, -0.25) is 4.79 Å². The van der Waals surface area contributed by atoms with Gasteiger partial charge < -0.3 is 4.74 Å². The summed E-state index contributed by atoms with van der Waals surface area (Å²) in [4.78, 5) is 12.1. The summed E-state index contributed by atoms with van der Waals surface area (Å²) < 4.78 is 5.31. The van der Waals surface area contributed by atoms with E-state index in [-0.39, 0.29) is 5.78 Å². The van der Waals surface area contributed by atoms with Gasteiger partial charge in [0.05, 0.1) is 5.75 Å². The summed E-state index contributed by atoms with van der Waals surface area (Å²) >= 11 is 1.78. The molecule has 17 heavy (non-hydrogen) atoms. The van der Waals surface area contributed by atoms with Crippen molar-refractivity contribution in [3.63, 3.8) is 0 Å². The summed E-state index contributed by atoms with van der Waals surface area (Å²) in [5.74, 6) is 0.842.